The van der Waals surface area contributed by atoms with Gasteiger partial charge in [-0.3, -0.25) is 9.59 Å². The van der Waals surface area contributed by atoms with E-state index in [1.165, 1.54) is 6.07 Å². The highest BCUT2D eigenvalue weighted by molar-refractivity contribution is 5.94. The Hall–Kier alpha value is -3.31. The number of nitrogens with zero attached hydrogens (tertiary/aromatic N) is 2. The smallest absolute Gasteiger partial charge is 0.456 e. The lowest BCUT2D eigenvalue weighted by molar-refractivity contribution is -0.290. The quantitative estimate of drug-likeness (QED) is 0.552. The second-order valence-electron chi connectivity index (χ2n) is 7.64. The van der Waals surface area contributed by atoms with E-state index in [1.54, 1.807) is 39.8 Å². The van der Waals surface area contributed by atoms with Gasteiger partial charge in [-0.05, 0) is 37.6 Å². The summed E-state index contributed by atoms with van der Waals surface area (Å²) in [6, 6.07) is 5.04. The fraction of sp³-hybridized carbons (Fsp3) is 0.429. The number of nitrogens with one attached hydrogen (secondary N) is 2. The Kier molecular flexibility index (Phi) is 7.93. The Balaban J connectivity index is 2.03. The molecule has 33 heavy (non-hydrogen) atoms. The second-order valence-corrected chi connectivity index (χ2v) is 7.64. The van der Waals surface area contributed by atoms with Crippen LogP contribution in [0.25, 0.3) is 0 Å². The van der Waals surface area contributed by atoms with E-state index in [9.17, 15) is 31.5 Å². The average molecular weight is 474 g/mol. The lowest BCUT2D eigenvalue weighted by Gasteiger charge is -2.19. The van der Waals surface area contributed by atoms with Gasteiger partial charge < -0.3 is 15.4 Å². The van der Waals surface area contributed by atoms with Gasteiger partial charge in [0.15, 0.2) is 6.61 Å². The molecule has 2 aromatic heterocycles. The number of carbonyl (C=O) groups excluding carboxylic acids is 2. The Labute approximate surface area is 186 Å². The number of carbonyl (C=O) groups is 2. The fourth-order valence-corrected chi connectivity index (χ4v) is 2.49. The molecule has 0 saturated carbocycles. The lowest BCUT2D eigenvalue weighted by atomic mass is 10.1. The summed E-state index contributed by atoms with van der Waals surface area (Å²) >= 11 is 0. The number of aromatic nitrogens is 2. The molecular weight excluding hydrogens is 451 g/mol. The summed E-state index contributed by atoms with van der Waals surface area (Å²) in [5.74, 6) is -6.20. The van der Waals surface area contributed by atoms with E-state index in [4.69, 9.17) is 0 Å². The SMILES string of the molecule is Cc1cc(C(C)NC(=O)c2ccc(OCC(F)(F)C(F)(F)F)nc2)cc(NC(=O)C(C)C)n1. The van der Waals surface area contributed by atoms with Crippen molar-refractivity contribution in [3.63, 3.8) is 0 Å². The molecule has 2 heterocycles. The van der Waals surface area contributed by atoms with Gasteiger partial charge in [0, 0.05) is 23.9 Å². The molecule has 2 N–H and O–H groups in total. The van der Waals surface area contributed by atoms with Gasteiger partial charge in [-0.1, -0.05) is 13.8 Å². The van der Waals surface area contributed by atoms with Crippen LogP contribution in [0.15, 0.2) is 30.5 Å². The molecule has 0 aliphatic carbocycles. The van der Waals surface area contributed by atoms with Gasteiger partial charge in [0.25, 0.3) is 5.91 Å². The van der Waals surface area contributed by atoms with Crippen LogP contribution in [0.3, 0.4) is 0 Å². The summed E-state index contributed by atoms with van der Waals surface area (Å²) in [5.41, 5.74) is 1.32. The van der Waals surface area contributed by atoms with Gasteiger partial charge in [0.2, 0.25) is 11.8 Å². The predicted molar refractivity (Wildman–Crippen MR) is 109 cm³/mol. The number of pyridine rings is 2. The van der Waals surface area contributed by atoms with Crippen LogP contribution in [0.4, 0.5) is 27.8 Å². The molecular formula is C21H23F5N4O3. The molecule has 0 saturated heterocycles. The molecule has 0 radical (unpaired) electrons. The third-order valence-corrected chi connectivity index (χ3v) is 4.41. The van der Waals surface area contributed by atoms with Crippen LogP contribution in [0.5, 0.6) is 5.88 Å². The van der Waals surface area contributed by atoms with Crippen LogP contribution >= 0.6 is 0 Å². The first kappa shape index (κ1) is 25.9. The number of alkyl halides is 5. The van der Waals surface area contributed by atoms with Gasteiger partial charge in [-0.2, -0.15) is 22.0 Å². The summed E-state index contributed by atoms with van der Waals surface area (Å²) in [6.07, 6.45) is -4.75. The number of amides is 2. The van der Waals surface area contributed by atoms with Crippen LogP contribution < -0.4 is 15.4 Å². The summed E-state index contributed by atoms with van der Waals surface area (Å²) in [4.78, 5) is 32.2. The molecule has 0 aliphatic heterocycles. The maximum absolute atomic E-state index is 12.9. The van der Waals surface area contributed by atoms with E-state index in [1.807, 2.05) is 0 Å². The molecule has 0 fully saturated rings. The fourth-order valence-electron chi connectivity index (χ4n) is 2.49. The van der Waals surface area contributed by atoms with Crippen molar-refractivity contribution >= 4 is 17.6 Å². The van der Waals surface area contributed by atoms with Gasteiger partial charge in [-0.15, -0.1) is 0 Å². The highest BCUT2D eigenvalue weighted by atomic mass is 19.4. The number of aryl methyl sites for hydroxylation is 1. The van der Waals surface area contributed by atoms with Crippen molar-refractivity contribution in [2.75, 3.05) is 11.9 Å². The van der Waals surface area contributed by atoms with Gasteiger partial charge >= 0.3 is 12.1 Å². The van der Waals surface area contributed by atoms with Crippen LogP contribution in [-0.2, 0) is 4.79 Å². The average Bonchev–Trinajstić information content (AvgIpc) is 2.71. The molecule has 7 nitrogen and oxygen atoms in total. The minimum atomic E-state index is -5.74. The molecule has 0 spiro atoms. The highest BCUT2D eigenvalue weighted by Crippen LogP contribution is 2.35. The first-order chi connectivity index (χ1) is 15.2. The molecule has 12 heteroatoms. The Bertz CT molecular complexity index is 994. The van der Waals surface area contributed by atoms with E-state index in [0.29, 0.717) is 17.1 Å². The van der Waals surface area contributed by atoms with Gasteiger partial charge in [-0.25, -0.2) is 9.97 Å². The number of anilines is 1. The van der Waals surface area contributed by atoms with Crippen molar-refractivity contribution in [1.82, 2.24) is 15.3 Å². The summed E-state index contributed by atoms with van der Waals surface area (Å²) in [7, 11) is 0. The summed E-state index contributed by atoms with van der Waals surface area (Å²) < 4.78 is 66.8. The molecule has 2 amide bonds. The Morgan fingerprint density at radius 1 is 1.09 bits per heavy atom. The van der Waals surface area contributed by atoms with Crippen molar-refractivity contribution < 1.29 is 36.3 Å². The van der Waals surface area contributed by atoms with Crippen LogP contribution in [0.2, 0.25) is 0 Å². The first-order valence-electron chi connectivity index (χ1n) is 9.83. The van der Waals surface area contributed by atoms with E-state index in [2.05, 4.69) is 25.3 Å². The predicted octanol–water partition coefficient (Wildman–Crippen LogP) is 4.45. The standard InChI is InChI=1S/C21H23F5N4O3/c1-11(2)18(31)30-16-8-15(7-12(3)28-16)13(4)29-19(32)14-5-6-17(27-9-14)33-10-20(22,23)21(24,25)26/h5-9,11,13H,10H2,1-4H3,(H,29,32)(H,28,30,31). The van der Waals surface area contributed by atoms with E-state index < -0.39 is 36.5 Å². The number of hydrogen-bond donors (Lipinski definition) is 2. The van der Waals surface area contributed by atoms with Gasteiger partial charge in [0.05, 0.1) is 11.6 Å². The van der Waals surface area contributed by atoms with Crippen molar-refractivity contribution in [2.24, 2.45) is 5.92 Å². The molecule has 0 bridgehead atoms. The largest absolute Gasteiger partial charge is 0.471 e. The number of rotatable bonds is 8. The zero-order valence-electron chi connectivity index (χ0n) is 18.3. The summed E-state index contributed by atoms with van der Waals surface area (Å²) in [5, 5.41) is 5.40. The van der Waals surface area contributed by atoms with Crippen molar-refractivity contribution in [1.29, 1.82) is 0 Å². The third kappa shape index (κ3) is 7.09. The molecule has 1 unspecified atom stereocenters. The minimum absolute atomic E-state index is 0.0379. The highest BCUT2D eigenvalue weighted by Gasteiger charge is 2.58. The normalized spacial score (nSPS) is 12.9. The topological polar surface area (TPSA) is 93.2 Å². The molecule has 180 valence electrons. The van der Waals surface area contributed by atoms with Crippen LogP contribution in [0.1, 0.15) is 48.4 Å². The van der Waals surface area contributed by atoms with Crippen molar-refractivity contribution in [3.8, 4) is 5.88 Å². The van der Waals surface area contributed by atoms with Crippen LogP contribution in [0, 0.1) is 12.8 Å². The van der Waals surface area contributed by atoms with Crippen molar-refractivity contribution in [2.45, 2.75) is 45.8 Å². The Morgan fingerprint density at radius 3 is 2.30 bits per heavy atom. The summed E-state index contributed by atoms with van der Waals surface area (Å²) in [6.45, 7) is 4.98. The molecule has 1 atom stereocenters. The molecule has 0 aromatic carbocycles. The number of ether oxygens (including phenoxy) is 1. The number of halogens is 5. The zero-order chi connectivity index (χ0) is 25.0. The number of hydrogen-bond acceptors (Lipinski definition) is 5. The maximum atomic E-state index is 12.9. The second kappa shape index (κ2) is 10.1. The molecule has 0 aliphatic rings. The third-order valence-electron chi connectivity index (χ3n) is 4.41. The van der Waals surface area contributed by atoms with Gasteiger partial charge in [0.1, 0.15) is 5.82 Å². The van der Waals surface area contributed by atoms with E-state index in [-0.39, 0.29) is 17.4 Å². The van der Waals surface area contributed by atoms with Crippen molar-refractivity contribution in [3.05, 3.63) is 47.3 Å². The molecule has 2 aromatic rings. The first-order valence-corrected chi connectivity index (χ1v) is 9.83. The molecule has 2 rings (SSSR count). The van der Waals surface area contributed by atoms with Crippen LogP contribution in [-0.4, -0.2) is 40.5 Å². The monoisotopic (exact) mass is 474 g/mol. The minimum Gasteiger partial charge on any atom is -0.471 e. The van der Waals surface area contributed by atoms with E-state index >= 15 is 0 Å². The lowest BCUT2D eigenvalue weighted by Crippen LogP contribution is -2.41. The Morgan fingerprint density at radius 2 is 1.76 bits per heavy atom. The van der Waals surface area contributed by atoms with E-state index in [0.717, 1.165) is 12.3 Å². The maximum Gasteiger partial charge on any atom is 0.456 e. The zero-order valence-corrected chi connectivity index (χ0v) is 18.3.